The average Bonchev–Trinajstić information content (AvgIpc) is 3.70. The molecular weight excluding hydrogens is 597 g/mol. The zero-order chi connectivity index (χ0) is 27.8. The molecule has 40 heavy (non-hydrogen) atoms. The normalized spacial score (nSPS) is 12.8. The summed E-state index contributed by atoms with van der Waals surface area (Å²) in [5.74, 6) is 0. The number of nitrogens with zero attached hydrogens (tertiary/aromatic N) is 2. The first-order chi connectivity index (χ1) is 19.1. The molecule has 0 N–H and O–H groups in total. The molecule has 0 fully saturated rings. The van der Waals surface area contributed by atoms with E-state index in [1.807, 2.05) is 82.3 Å². The van der Waals surface area contributed by atoms with Crippen LogP contribution >= 0.6 is 45.3 Å². The first kappa shape index (κ1) is 26.4. The van der Waals surface area contributed by atoms with E-state index in [1.54, 1.807) is 9.00 Å². The van der Waals surface area contributed by atoms with Crippen molar-refractivity contribution in [2.45, 2.75) is 39.3 Å². The van der Waals surface area contributed by atoms with Crippen molar-refractivity contribution in [1.29, 1.82) is 0 Å². The Labute approximate surface area is 254 Å². The van der Waals surface area contributed by atoms with Crippen molar-refractivity contribution >= 4 is 70.5 Å². The van der Waals surface area contributed by atoms with Crippen LogP contribution in [0.15, 0.2) is 73.3 Å². The highest BCUT2D eigenvalue weighted by molar-refractivity contribution is 7.33. The fraction of sp³-hybridized carbons (Fsp3) is 0.188. The predicted octanol–water partition coefficient (Wildman–Crippen LogP) is 10.1. The predicted molar refractivity (Wildman–Crippen MR) is 186 cm³/mol. The quantitative estimate of drug-likeness (QED) is 0.182. The maximum atomic E-state index is 4.45. The highest BCUT2D eigenvalue weighted by Gasteiger charge is 2.33. The summed E-state index contributed by atoms with van der Waals surface area (Å²) in [6, 6.07) is 18.4. The maximum absolute atomic E-state index is 4.45. The molecule has 0 aliphatic heterocycles. The van der Waals surface area contributed by atoms with Crippen LogP contribution in [0.25, 0.3) is 62.6 Å². The van der Waals surface area contributed by atoms with Crippen molar-refractivity contribution in [3.63, 3.8) is 0 Å². The smallest absolute Gasteiger partial charge is 0.0904 e. The molecule has 6 aromatic rings. The van der Waals surface area contributed by atoms with E-state index in [0.717, 1.165) is 0 Å². The topological polar surface area (TPSA) is 25.8 Å². The molecule has 200 valence electrons. The second-order valence-electron chi connectivity index (χ2n) is 12.4. The highest BCUT2D eigenvalue weighted by Crippen LogP contribution is 2.57. The van der Waals surface area contributed by atoms with Gasteiger partial charge in [0.2, 0.25) is 0 Å². The maximum Gasteiger partial charge on any atom is 0.0904 e. The van der Waals surface area contributed by atoms with E-state index < -0.39 is 16.1 Å². The van der Waals surface area contributed by atoms with Gasteiger partial charge in [0.1, 0.15) is 0 Å². The van der Waals surface area contributed by atoms with Crippen LogP contribution in [-0.2, 0) is 0 Å². The molecule has 2 nitrogen and oxygen atoms in total. The molecule has 0 saturated heterocycles. The monoisotopic (exact) mass is 626 g/mol. The van der Waals surface area contributed by atoms with E-state index in [1.165, 1.54) is 62.6 Å². The molecule has 0 unspecified atom stereocenters. The highest BCUT2D eigenvalue weighted by atomic mass is 32.1. The third-order valence-electron chi connectivity index (χ3n) is 7.29. The molecule has 0 spiro atoms. The molecule has 1 aliphatic carbocycles. The minimum absolute atomic E-state index is 1.19. The molecule has 0 bridgehead atoms. The summed E-state index contributed by atoms with van der Waals surface area (Å²) >= 11 is 7.93. The number of hydrogen-bond donors (Lipinski definition) is 0. The summed E-state index contributed by atoms with van der Waals surface area (Å²) < 4.78 is 3.13. The Bertz CT molecular complexity index is 1650. The molecule has 0 saturated carbocycles. The van der Waals surface area contributed by atoms with Gasteiger partial charge in [0.05, 0.1) is 35.7 Å². The van der Waals surface area contributed by atoms with Gasteiger partial charge >= 0.3 is 0 Å². The van der Waals surface area contributed by atoms with E-state index in [-0.39, 0.29) is 0 Å². The fourth-order valence-electron chi connectivity index (χ4n) is 5.08. The molecular formula is C32H30N2S4Si2. The Morgan fingerprint density at radius 3 is 1.23 bits per heavy atom. The molecule has 0 atom stereocenters. The van der Waals surface area contributed by atoms with Gasteiger partial charge in [-0.2, -0.15) is 0 Å². The van der Waals surface area contributed by atoms with Gasteiger partial charge in [0, 0.05) is 67.9 Å². The lowest BCUT2D eigenvalue weighted by atomic mass is 9.96. The molecule has 6 heterocycles. The SMILES string of the molecule is C[Si](C)(C)c1cc2c(s1)-c1sc(-c3cccnc3)cc1-c1cc([Si](C)(C)C)sc1-c1sc(-c3cccnc3)cc1-2. The molecule has 0 amide bonds. The molecule has 0 aromatic carbocycles. The summed E-state index contributed by atoms with van der Waals surface area (Å²) in [6.45, 7) is 14.8. The largest absolute Gasteiger partial charge is 0.264 e. The first-order valence-corrected chi connectivity index (χ1v) is 23.7. The third kappa shape index (κ3) is 4.45. The van der Waals surface area contributed by atoms with Crippen LogP contribution < -0.4 is 9.00 Å². The van der Waals surface area contributed by atoms with E-state index >= 15 is 0 Å². The summed E-state index contributed by atoms with van der Waals surface area (Å²) in [7, 11) is -3.04. The van der Waals surface area contributed by atoms with Gasteiger partial charge in [0.25, 0.3) is 0 Å². The van der Waals surface area contributed by atoms with Gasteiger partial charge < -0.3 is 0 Å². The minimum atomic E-state index is -1.52. The lowest BCUT2D eigenvalue weighted by Gasteiger charge is -2.12. The summed E-state index contributed by atoms with van der Waals surface area (Å²) in [5, 5.41) is 0. The minimum Gasteiger partial charge on any atom is -0.264 e. The zero-order valence-electron chi connectivity index (χ0n) is 23.5. The average molecular weight is 627 g/mol. The number of hydrogen-bond acceptors (Lipinski definition) is 6. The Morgan fingerprint density at radius 2 is 0.875 bits per heavy atom. The van der Waals surface area contributed by atoms with Crippen molar-refractivity contribution in [1.82, 2.24) is 9.97 Å². The Balaban J connectivity index is 1.58. The summed E-state index contributed by atoms with van der Waals surface area (Å²) in [6.07, 6.45) is 7.72. The van der Waals surface area contributed by atoms with Gasteiger partial charge in [-0.3, -0.25) is 9.97 Å². The standard InChI is InChI=1S/C32H30N2S4Si2/c1-39(2,3)27-15-23-21-13-25(19-9-7-11-33-17-19)36-30(21)32-24(16-28(38-32)40(4,5)6)22-14-26(20-10-8-12-34-18-20)35-29(22)31(23)37-27/h7-18H,1-6H3. The van der Waals surface area contributed by atoms with Gasteiger partial charge in [-0.15, -0.1) is 45.3 Å². The van der Waals surface area contributed by atoms with E-state index in [9.17, 15) is 0 Å². The number of thiophene rings is 4. The fourth-order valence-corrected chi connectivity index (χ4v) is 13.8. The zero-order valence-corrected chi connectivity index (χ0v) is 28.7. The molecule has 6 aromatic heterocycles. The van der Waals surface area contributed by atoms with Crippen LogP contribution in [0.1, 0.15) is 0 Å². The van der Waals surface area contributed by atoms with Crippen molar-refractivity contribution in [2.24, 2.45) is 0 Å². The van der Waals surface area contributed by atoms with Crippen LogP contribution in [0, 0.1) is 0 Å². The molecule has 0 radical (unpaired) electrons. The lowest BCUT2D eigenvalue weighted by molar-refractivity contribution is 1.33. The van der Waals surface area contributed by atoms with Crippen LogP contribution in [0.4, 0.5) is 0 Å². The Hall–Kier alpha value is -2.47. The number of fused-ring (bicyclic) bond motifs is 8. The van der Waals surface area contributed by atoms with Crippen LogP contribution in [0.3, 0.4) is 0 Å². The van der Waals surface area contributed by atoms with E-state index in [4.69, 9.17) is 0 Å². The molecule has 1 aliphatic rings. The van der Waals surface area contributed by atoms with Crippen molar-refractivity contribution in [3.8, 4) is 62.6 Å². The Kier molecular flexibility index (Phi) is 6.30. The summed E-state index contributed by atoms with van der Waals surface area (Å²) in [5.41, 5.74) is 7.95. The second kappa shape index (κ2) is 9.54. The number of rotatable bonds is 4. The first-order valence-electron chi connectivity index (χ1n) is 13.5. The van der Waals surface area contributed by atoms with Crippen molar-refractivity contribution in [3.05, 3.63) is 73.3 Å². The third-order valence-corrected chi connectivity index (χ3v) is 19.4. The molecule has 7 rings (SSSR count). The van der Waals surface area contributed by atoms with Crippen molar-refractivity contribution in [2.75, 3.05) is 0 Å². The van der Waals surface area contributed by atoms with Crippen molar-refractivity contribution < 1.29 is 0 Å². The Morgan fingerprint density at radius 1 is 0.500 bits per heavy atom. The van der Waals surface area contributed by atoms with E-state index in [0.29, 0.717) is 0 Å². The lowest BCUT2D eigenvalue weighted by Crippen LogP contribution is -2.34. The van der Waals surface area contributed by atoms with Gasteiger partial charge in [-0.25, -0.2) is 0 Å². The number of aromatic nitrogens is 2. The summed E-state index contributed by atoms with van der Waals surface area (Å²) in [4.78, 5) is 17.1. The van der Waals surface area contributed by atoms with Gasteiger partial charge in [-0.1, -0.05) is 51.4 Å². The second-order valence-corrected chi connectivity index (χ2v) is 27.4. The van der Waals surface area contributed by atoms with E-state index in [2.05, 4.69) is 85.6 Å². The van der Waals surface area contributed by atoms with Gasteiger partial charge in [-0.05, 0) is 45.4 Å². The number of pyridine rings is 2. The molecule has 8 heteroatoms. The van der Waals surface area contributed by atoms with Crippen LogP contribution in [0.2, 0.25) is 39.3 Å². The van der Waals surface area contributed by atoms with Crippen LogP contribution in [-0.4, -0.2) is 26.1 Å². The van der Waals surface area contributed by atoms with Gasteiger partial charge in [0.15, 0.2) is 0 Å². The van der Waals surface area contributed by atoms with Crippen LogP contribution in [0.5, 0.6) is 0 Å².